The number of likely N-dealkylation sites (N-methyl/N-ethyl adjacent to an activating group) is 2. The Labute approximate surface area is 126 Å². The molecule has 0 aliphatic heterocycles. The van der Waals surface area contributed by atoms with E-state index in [0.717, 1.165) is 25.2 Å². The molecule has 1 aromatic heterocycles. The largest absolute Gasteiger partial charge is 0.468 e. The number of esters is 1. The molecular formula is C15H26N4O2. The van der Waals surface area contributed by atoms with Gasteiger partial charge in [-0.1, -0.05) is 6.92 Å². The van der Waals surface area contributed by atoms with Crippen molar-refractivity contribution >= 4 is 5.97 Å². The maximum atomic E-state index is 12.4. The minimum Gasteiger partial charge on any atom is -0.468 e. The molecule has 0 saturated heterocycles. The molecule has 6 heteroatoms. The normalized spacial score (nSPS) is 17.8. The summed E-state index contributed by atoms with van der Waals surface area (Å²) >= 11 is 0. The predicted octanol–water partition coefficient (Wildman–Crippen LogP) is 0.783. The Morgan fingerprint density at radius 1 is 1.62 bits per heavy atom. The summed E-state index contributed by atoms with van der Waals surface area (Å²) < 4.78 is 7.08. The first-order valence-corrected chi connectivity index (χ1v) is 7.51. The third-order valence-electron chi connectivity index (χ3n) is 4.17. The summed E-state index contributed by atoms with van der Waals surface area (Å²) in [7, 11) is 5.47. The van der Waals surface area contributed by atoms with Gasteiger partial charge in [-0.05, 0) is 32.4 Å². The van der Waals surface area contributed by atoms with Gasteiger partial charge in [-0.15, -0.1) is 0 Å². The standard InChI is InChI=1S/C15H26N4O2/c1-5-17-15(12-6-7-12,14(20)21-4)11-18(2)10-13-16-8-9-19(13)3/h8-9,12,17H,5-7,10-11H2,1-4H3. The van der Waals surface area contributed by atoms with E-state index in [1.54, 1.807) is 6.20 Å². The maximum Gasteiger partial charge on any atom is 0.327 e. The van der Waals surface area contributed by atoms with Gasteiger partial charge in [-0.3, -0.25) is 4.90 Å². The molecule has 0 aromatic carbocycles. The number of imidazole rings is 1. The van der Waals surface area contributed by atoms with Gasteiger partial charge in [0.25, 0.3) is 0 Å². The van der Waals surface area contributed by atoms with E-state index in [2.05, 4.69) is 15.2 Å². The summed E-state index contributed by atoms with van der Waals surface area (Å²) in [5, 5.41) is 3.39. The summed E-state index contributed by atoms with van der Waals surface area (Å²) in [4.78, 5) is 18.9. The van der Waals surface area contributed by atoms with Crippen molar-refractivity contribution in [2.45, 2.75) is 31.8 Å². The maximum absolute atomic E-state index is 12.4. The fraction of sp³-hybridized carbons (Fsp3) is 0.733. The molecule has 0 radical (unpaired) electrons. The zero-order chi connectivity index (χ0) is 15.5. The van der Waals surface area contributed by atoms with Crippen molar-refractivity contribution in [1.82, 2.24) is 19.8 Å². The summed E-state index contributed by atoms with van der Waals surface area (Å²) in [6.45, 7) is 4.12. The van der Waals surface area contributed by atoms with Crippen LogP contribution in [-0.4, -0.2) is 53.2 Å². The molecule has 1 aliphatic carbocycles. The van der Waals surface area contributed by atoms with Crippen molar-refractivity contribution in [2.24, 2.45) is 13.0 Å². The highest BCUT2D eigenvalue weighted by Gasteiger charge is 2.51. The molecule has 1 heterocycles. The molecule has 1 N–H and O–H groups in total. The third kappa shape index (κ3) is 3.44. The second kappa shape index (κ2) is 6.58. The van der Waals surface area contributed by atoms with Gasteiger partial charge in [0.2, 0.25) is 0 Å². The highest BCUT2D eigenvalue weighted by molar-refractivity contribution is 5.82. The van der Waals surface area contributed by atoms with Crippen LogP contribution in [0.25, 0.3) is 0 Å². The Kier molecular flexibility index (Phi) is 5.00. The van der Waals surface area contributed by atoms with Gasteiger partial charge in [0, 0.05) is 26.0 Å². The second-order valence-corrected chi connectivity index (χ2v) is 5.89. The number of hydrogen-bond acceptors (Lipinski definition) is 5. The molecule has 1 aromatic rings. The summed E-state index contributed by atoms with van der Waals surface area (Å²) in [6, 6.07) is 0. The number of carbonyl (C=O) groups excluding carboxylic acids is 1. The lowest BCUT2D eigenvalue weighted by atomic mass is 9.92. The number of hydrogen-bond donors (Lipinski definition) is 1. The second-order valence-electron chi connectivity index (χ2n) is 5.89. The Hall–Kier alpha value is -1.40. The molecule has 1 aliphatic rings. The number of nitrogens with zero attached hydrogens (tertiary/aromatic N) is 3. The first-order chi connectivity index (χ1) is 10.0. The molecule has 2 rings (SSSR count). The topological polar surface area (TPSA) is 59.4 Å². The van der Waals surface area contributed by atoms with Crippen molar-refractivity contribution in [3.63, 3.8) is 0 Å². The van der Waals surface area contributed by atoms with Gasteiger partial charge >= 0.3 is 5.97 Å². The van der Waals surface area contributed by atoms with Crippen LogP contribution in [0, 0.1) is 5.92 Å². The van der Waals surface area contributed by atoms with E-state index in [-0.39, 0.29) is 5.97 Å². The number of carbonyl (C=O) groups is 1. The molecule has 0 amide bonds. The average Bonchev–Trinajstić information content (AvgIpc) is 3.23. The number of aromatic nitrogens is 2. The van der Waals surface area contributed by atoms with Crippen molar-refractivity contribution in [3.05, 3.63) is 18.2 Å². The Balaban J connectivity index is 2.10. The number of methoxy groups -OCH3 is 1. The van der Waals surface area contributed by atoms with Gasteiger partial charge in [0.15, 0.2) is 0 Å². The van der Waals surface area contributed by atoms with Crippen molar-refractivity contribution in [3.8, 4) is 0 Å². The zero-order valence-electron chi connectivity index (χ0n) is 13.4. The van der Waals surface area contributed by atoms with Crippen molar-refractivity contribution < 1.29 is 9.53 Å². The number of rotatable bonds is 8. The summed E-state index contributed by atoms with van der Waals surface area (Å²) in [6.07, 6.45) is 5.89. The van der Waals surface area contributed by atoms with Gasteiger partial charge in [0.1, 0.15) is 11.4 Å². The monoisotopic (exact) mass is 294 g/mol. The quantitative estimate of drug-likeness (QED) is 0.718. The zero-order valence-corrected chi connectivity index (χ0v) is 13.4. The van der Waals surface area contributed by atoms with Gasteiger partial charge in [0.05, 0.1) is 13.7 Å². The van der Waals surface area contributed by atoms with E-state index in [0.29, 0.717) is 19.0 Å². The molecule has 1 fully saturated rings. The smallest absolute Gasteiger partial charge is 0.327 e. The highest BCUT2D eigenvalue weighted by Crippen LogP contribution is 2.41. The van der Waals surface area contributed by atoms with Crippen LogP contribution in [0.2, 0.25) is 0 Å². The molecule has 0 spiro atoms. The summed E-state index contributed by atoms with van der Waals surface area (Å²) in [5.74, 6) is 1.20. The first-order valence-electron chi connectivity index (χ1n) is 7.51. The van der Waals surface area contributed by atoms with Crippen LogP contribution >= 0.6 is 0 Å². The molecule has 6 nitrogen and oxygen atoms in total. The van der Waals surface area contributed by atoms with E-state index >= 15 is 0 Å². The Bertz CT molecular complexity index is 484. The van der Waals surface area contributed by atoms with E-state index in [4.69, 9.17) is 4.74 Å². The molecule has 118 valence electrons. The van der Waals surface area contributed by atoms with Gasteiger partial charge < -0.3 is 14.6 Å². The van der Waals surface area contributed by atoms with Crippen LogP contribution < -0.4 is 5.32 Å². The lowest BCUT2D eigenvalue weighted by Gasteiger charge is -2.35. The molecular weight excluding hydrogens is 268 g/mol. The fourth-order valence-electron chi connectivity index (χ4n) is 2.98. The first kappa shape index (κ1) is 16.0. The minimum absolute atomic E-state index is 0.154. The van der Waals surface area contributed by atoms with Crippen LogP contribution in [0.1, 0.15) is 25.6 Å². The Morgan fingerprint density at radius 2 is 2.33 bits per heavy atom. The minimum atomic E-state index is -0.594. The highest BCUT2D eigenvalue weighted by atomic mass is 16.5. The van der Waals surface area contributed by atoms with Gasteiger partial charge in [-0.25, -0.2) is 9.78 Å². The molecule has 1 saturated carbocycles. The molecule has 0 bridgehead atoms. The average molecular weight is 294 g/mol. The SMILES string of the molecule is CCNC(CN(C)Cc1nccn1C)(C(=O)OC)C1CC1. The van der Waals surface area contributed by atoms with Crippen LogP contribution in [0.4, 0.5) is 0 Å². The lowest BCUT2D eigenvalue weighted by molar-refractivity contribution is -0.150. The van der Waals surface area contributed by atoms with Crippen LogP contribution in [0.15, 0.2) is 12.4 Å². The molecule has 21 heavy (non-hydrogen) atoms. The number of aryl methyl sites for hydroxylation is 1. The van der Waals surface area contributed by atoms with E-state index in [1.807, 2.05) is 31.8 Å². The van der Waals surface area contributed by atoms with Crippen LogP contribution in [0.3, 0.4) is 0 Å². The third-order valence-corrected chi connectivity index (χ3v) is 4.17. The Morgan fingerprint density at radius 3 is 2.81 bits per heavy atom. The molecule has 1 atom stereocenters. The fourth-order valence-corrected chi connectivity index (χ4v) is 2.98. The van der Waals surface area contributed by atoms with E-state index in [9.17, 15) is 4.79 Å². The van der Waals surface area contributed by atoms with Crippen LogP contribution in [0.5, 0.6) is 0 Å². The van der Waals surface area contributed by atoms with Crippen molar-refractivity contribution in [1.29, 1.82) is 0 Å². The summed E-state index contributed by atoms with van der Waals surface area (Å²) in [5.41, 5.74) is -0.594. The van der Waals surface area contributed by atoms with Crippen molar-refractivity contribution in [2.75, 3.05) is 27.2 Å². The van der Waals surface area contributed by atoms with Crippen LogP contribution in [-0.2, 0) is 23.1 Å². The van der Waals surface area contributed by atoms with E-state index < -0.39 is 5.54 Å². The van der Waals surface area contributed by atoms with E-state index in [1.165, 1.54) is 7.11 Å². The van der Waals surface area contributed by atoms with Gasteiger partial charge in [-0.2, -0.15) is 0 Å². The lowest BCUT2D eigenvalue weighted by Crippen LogP contribution is -2.60. The predicted molar refractivity (Wildman–Crippen MR) is 80.7 cm³/mol. The number of ether oxygens (including phenoxy) is 1. The number of nitrogens with one attached hydrogen (secondary N) is 1. The molecule has 1 unspecified atom stereocenters.